The fourth-order valence-electron chi connectivity index (χ4n) is 2.38. The Kier molecular flexibility index (Phi) is 7.48. The first-order chi connectivity index (χ1) is 13.2. The maximum Gasteiger partial charge on any atom is 0.264 e. The van der Waals surface area contributed by atoms with Crippen molar-refractivity contribution < 1.29 is 18.3 Å². The van der Waals surface area contributed by atoms with Crippen LogP contribution in [0.1, 0.15) is 17.3 Å². The summed E-state index contributed by atoms with van der Waals surface area (Å²) >= 11 is 12.0. The number of hydrogen-bond acceptors (Lipinski definition) is 4. The van der Waals surface area contributed by atoms with Crippen molar-refractivity contribution >= 4 is 44.8 Å². The van der Waals surface area contributed by atoms with Gasteiger partial charge in [-0.05, 0) is 49.4 Å². The molecule has 1 atom stereocenters. The number of aliphatic hydroxyl groups is 1. The minimum atomic E-state index is -4.00. The normalized spacial score (nSPS) is 12.3. The lowest BCUT2D eigenvalue weighted by molar-refractivity contribution is 0.0922. The number of sulfonamides is 1. The maximum absolute atomic E-state index is 13.2. The van der Waals surface area contributed by atoms with E-state index in [1.54, 1.807) is 31.2 Å². The van der Waals surface area contributed by atoms with Crippen LogP contribution < -0.4 is 9.62 Å². The van der Waals surface area contributed by atoms with E-state index in [2.05, 4.69) is 11.9 Å². The summed E-state index contributed by atoms with van der Waals surface area (Å²) in [6.45, 7) is 4.99. The van der Waals surface area contributed by atoms with Crippen molar-refractivity contribution in [1.82, 2.24) is 5.32 Å². The van der Waals surface area contributed by atoms with E-state index in [1.165, 1.54) is 24.3 Å². The molecule has 0 heterocycles. The van der Waals surface area contributed by atoms with E-state index in [1.807, 2.05) is 0 Å². The fraction of sp³-hybridized carbons (Fsp3) is 0.211. The highest BCUT2D eigenvalue weighted by molar-refractivity contribution is 7.92. The predicted octanol–water partition coefficient (Wildman–Crippen LogP) is 3.49. The Morgan fingerprint density at radius 3 is 2.46 bits per heavy atom. The van der Waals surface area contributed by atoms with Gasteiger partial charge in [-0.3, -0.25) is 9.10 Å². The van der Waals surface area contributed by atoms with Gasteiger partial charge in [-0.25, -0.2) is 8.42 Å². The molecule has 9 heteroatoms. The highest BCUT2D eigenvalue weighted by atomic mass is 35.5. The van der Waals surface area contributed by atoms with Crippen LogP contribution in [0.5, 0.6) is 0 Å². The Hall–Kier alpha value is -2.06. The standard InChI is InChI=1S/C19H20Cl2N2O4S/c1-3-10-23(15-6-4-14(20)5-7-15)28(26,27)16-8-9-18(21)17(11-16)19(25)22-13(2)12-24/h3-9,11,13,24H,1,10,12H2,2H3,(H,22,25). The Bertz CT molecular complexity index is 962. The van der Waals surface area contributed by atoms with Crippen LogP contribution in [-0.4, -0.2) is 38.6 Å². The molecule has 0 saturated carbocycles. The van der Waals surface area contributed by atoms with Crippen LogP contribution in [0.25, 0.3) is 0 Å². The molecule has 0 aliphatic rings. The summed E-state index contributed by atoms with van der Waals surface area (Å²) in [6.07, 6.45) is 1.46. The Morgan fingerprint density at radius 1 is 1.25 bits per heavy atom. The molecule has 2 aromatic rings. The Balaban J connectivity index is 2.48. The zero-order chi connectivity index (χ0) is 20.9. The van der Waals surface area contributed by atoms with E-state index in [0.717, 1.165) is 4.31 Å². The van der Waals surface area contributed by atoms with Crippen LogP contribution in [0.2, 0.25) is 10.0 Å². The van der Waals surface area contributed by atoms with Crippen LogP contribution in [0.15, 0.2) is 60.0 Å². The van der Waals surface area contributed by atoms with Crippen LogP contribution in [0, 0.1) is 0 Å². The molecule has 6 nitrogen and oxygen atoms in total. The van der Waals surface area contributed by atoms with Crippen LogP contribution in [0.4, 0.5) is 5.69 Å². The van der Waals surface area contributed by atoms with Crippen molar-refractivity contribution in [2.24, 2.45) is 0 Å². The summed E-state index contributed by atoms with van der Waals surface area (Å²) in [5.74, 6) is -0.578. The molecule has 1 amide bonds. The average molecular weight is 443 g/mol. The predicted molar refractivity (Wildman–Crippen MR) is 112 cm³/mol. The summed E-state index contributed by atoms with van der Waals surface area (Å²) in [6, 6.07) is 9.71. The number of aliphatic hydroxyl groups excluding tert-OH is 1. The first-order valence-electron chi connectivity index (χ1n) is 8.31. The number of amides is 1. The number of nitrogens with one attached hydrogen (secondary N) is 1. The summed E-state index contributed by atoms with van der Waals surface area (Å²) < 4.78 is 27.6. The van der Waals surface area contributed by atoms with Gasteiger partial charge in [0.1, 0.15) is 0 Å². The van der Waals surface area contributed by atoms with Gasteiger partial charge in [0.15, 0.2) is 0 Å². The third-order valence-corrected chi connectivity index (χ3v) is 6.20. The van der Waals surface area contributed by atoms with E-state index in [-0.39, 0.29) is 28.6 Å². The molecule has 2 aromatic carbocycles. The number of hydrogen-bond donors (Lipinski definition) is 2. The van der Waals surface area contributed by atoms with Crippen LogP contribution in [0.3, 0.4) is 0 Å². The molecular weight excluding hydrogens is 423 g/mol. The van der Waals surface area contributed by atoms with E-state index in [0.29, 0.717) is 10.7 Å². The van der Waals surface area contributed by atoms with Gasteiger partial charge in [0.25, 0.3) is 15.9 Å². The second kappa shape index (κ2) is 9.43. The van der Waals surface area contributed by atoms with E-state index in [9.17, 15) is 13.2 Å². The van der Waals surface area contributed by atoms with Crippen LogP contribution >= 0.6 is 23.2 Å². The smallest absolute Gasteiger partial charge is 0.264 e. The summed E-state index contributed by atoms with van der Waals surface area (Å²) in [7, 11) is -4.00. The van der Waals surface area contributed by atoms with Gasteiger partial charge in [-0.15, -0.1) is 6.58 Å². The molecule has 0 radical (unpaired) electrons. The van der Waals surface area contributed by atoms with Crippen molar-refractivity contribution in [3.8, 4) is 0 Å². The van der Waals surface area contributed by atoms with Gasteiger partial charge < -0.3 is 10.4 Å². The third kappa shape index (κ3) is 5.05. The Morgan fingerprint density at radius 2 is 1.89 bits per heavy atom. The number of nitrogens with zero attached hydrogens (tertiary/aromatic N) is 1. The SMILES string of the molecule is C=CCN(c1ccc(Cl)cc1)S(=O)(=O)c1ccc(Cl)c(C(=O)NC(C)CO)c1. The molecule has 0 fully saturated rings. The van der Waals surface area contributed by atoms with Crippen molar-refractivity contribution in [3.63, 3.8) is 0 Å². The van der Waals surface area contributed by atoms with E-state index >= 15 is 0 Å². The summed E-state index contributed by atoms with van der Waals surface area (Å²) in [5.41, 5.74) is 0.400. The number of carbonyl (C=O) groups excluding carboxylic acids is 1. The van der Waals surface area contributed by atoms with Gasteiger partial charge in [0, 0.05) is 11.1 Å². The molecule has 0 spiro atoms. The van der Waals surface area contributed by atoms with E-state index < -0.39 is 22.0 Å². The van der Waals surface area contributed by atoms with Gasteiger partial charge in [0.05, 0.1) is 34.3 Å². The minimum Gasteiger partial charge on any atom is -0.394 e. The van der Waals surface area contributed by atoms with Crippen molar-refractivity contribution in [3.05, 3.63) is 70.7 Å². The van der Waals surface area contributed by atoms with Crippen molar-refractivity contribution in [2.45, 2.75) is 17.9 Å². The molecular formula is C19H20Cl2N2O4S. The average Bonchev–Trinajstić information content (AvgIpc) is 2.66. The second-order valence-corrected chi connectivity index (χ2v) is 8.71. The Labute approximate surface area is 174 Å². The zero-order valence-electron chi connectivity index (χ0n) is 15.1. The van der Waals surface area contributed by atoms with E-state index in [4.69, 9.17) is 28.3 Å². The molecule has 28 heavy (non-hydrogen) atoms. The van der Waals surface area contributed by atoms with Gasteiger partial charge in [-0.2, -0.15) is 0 Å². The number of rotatable bonds is 8. The fourth-order valence-corrected chi connectivity index (χ4v) is 4.17. The van der Waals surface area contributed by atoms with Crippen molar-refractivity contribution in [1.29, 1.82) is 0 Å². The molecule has 2 N–H and O–H groups in total. The number of halogens is 2. The lowest BCUT2D eigenvalue weighted by Crippen LogP contribution is -2.35. The molecule has 0 aliphatic heterocycles. The highest BCUT2D eigenvalue weighted by Crippen LogP contribution is 2.27. The number of anilines is 1. The topological polar surface area (TPSA) is 86.7 Å². The molecule has 1 unspecified atom stereocenters. The molecule has 0 aliphatic carbocycles. The molecule has 150 valence electrons. The summed E-state index contributed by atoms with van der Waals surface area (Å²) in [4.78, 5) is 12.3. The monoisotopic (exact) mass is 442 g/mol. The minimum absolute atomic E-state index is 0.00213. The molecule has 0 saturated heterocycles. The highest BCUT2D eigenvalue weighted by Gasteiger charge is 2.26. The first kappa shape index (κ1) is 22.2. The first-order valence-corrected chi connectivity index (χ1v) is 10.5. The quantitative estimate of drug-likeness (QED) is 0.612. The molecule has 2 rings (SSSR count). The largest absolute Gasteiger partial charge is 0.394 e. The second-order valence-electron chi connectivity index (χ2n) is 6.00. The number of carbonyl (C=O) groups is 1. The summed E-state index contributed by atoms with van der Waals surface area (Å²) in [5, 5.41) is 12.2. The van der Waals surface area contributed by atoms with Gasteiger partial charge in [-0.1, -0.05) is 29.3 Å². The maximum atomic E-state index is 13.2. The van der Waals surface area contributed by atoms with Crippen molar-refractivity contribution in [2.75, 3.05) is 17.5 Å². The number of benzene rings is 2. The zero-order valence-corrected chi connectivity index (χ0v) is 17.4. The van der Waals surface area contributed by atoms with Gasteiger partial charge in [0.2, 0.25) is 0 Å². The molecule has 0 aromatic heterocycles. The van der Waals surface area contributed by atoms with Gasteiger partial charge >= 0.3 is 0 Å². The van der Waals surface area contributed by atoms with Crippen LogP contribution in [-0.2, 0) is 10.0 Å². The lowest BCUT2D eigenvalue weighted by Gasteiger charge is -2.23. The molecule has 0 bridgehead atoms. The lowest BCUT2D eigenvalue weighted by atomic mass is 10.2. The third-order valence-electron chi connectivity index (χ3n) is 3.83.